The van der Waals surface area contributed by atoms with Gasteiger partial charge in [0.05, 0.1) is 11.7 Å². The van der Waals surface area contributed by atoms with E-state index >= 15 is 0 Å². The van der Waals surface area contributed by atoms with Crippen molar-refractivity contribution in [2.24, 2.45) is 7.05 Å². The highest BCUT2D eigenvalue weighted by molar-refractivity contribution is 5.99. The van der Waals surface area contributed by atoms with Crippen LogP contribution in [0.25, 0.3) is 22.4 Å². The molecule has 1 unspecified atom stereocenters. The van der Waals surface area contributed by atoms with Gasteiger partial charge in [0.1, 0.15) is 0 Å². The average molecular weight is 552 g/mol. The number of aromatic nitrogens is 3. The van der Waals surface area contributed by atoms with Gasteiger partial charge in [-0.05, 0) is 90.9 Å². The summed E-state index contributed by atoms with van der Waals surface area (Å²) >= 11 is 0. The Labute approximate surface area is 240 Å². The van der Waals surface area contributed by atoms with Crippen LogP contribution in [0.5, 0.6) is 0 Å². The fourth-order valence-corrected chi connectivity index (χ4v) is 6.01. The summed E-state index contributed by atoms with van der Waals surface area (Å²) in [4.78, 5) is 43.4. The van der Waals surface area contributed by atoms with E-state index in [1.165, 1.54) is 5.56 Å². The second-order valence-electron chi connectivity index (χ2n) is 11.0. The molecule has 8 heteroatoms. The number of pyridine rings is 1. The third-order valence-electron chi connectivity index (χ3n) is 8.19. The molecular weight excluding hydrogens is 514 g/mol. The molecule has 0 radical (unpaired) electrons. The molecule has 0 spiro atoms. The molecule has 0 bridgehead atoms. The van der Waals surface area contributed by atoms with Gasteiger partial charge in [0.25, 0.3) is 11.5 Å². The lowest BCUT2D eigenvalue weighted by Crippen LogP contribution is -2.28. The van der Waals surface area contributed by atoms with Crippen LogP contribution >= 0.6 is 0 Å². The van der Waals surface area contributed by atoms with E-state index in [1.54, 1.807) is 17.8 Å². The lowest BCUT2D eigenvalue weighted by atomic mass is 9.91. The first kappa shape index (κ1) is 28.1. The van der Waals surface area contributed by atoms with E-state index in [1.807, 2.05) is 50.9 Å². The molecule has 8 nitrogen and oxygen atoms in total. The Hall–Kier alpha value is -4.46. The molecule has 2 N–H and O–H groups in total. The molecule has 3 heterocycles. The molecule has 2 aromatic heterocycles. The Morgan fingerprint density at radius 1 is 1.07 bits per heavy atom. The lowest BCUT2D eigenvalue weighted by molar-refractivity contribution is -0.131. The van der Waals surface area contributed by atoms with Gasteiger partial charge in [-0.3, -0.25) is 19.1 Å². The lowest BCUT2D eigenvalue weighted by Gasteiger charge is -2.23. The number of benzene rings is 2. The predicted octanol–water partition coefficient (Wildman–Crippen LogP) is 5.50. The Balaban J connectivity index is 1.56. The van der Waals surface area contributed by atoms with Gasteiger partial charge in [-0.2, -0.15) is 5.10 Å². The topological polar surface area (TPSA) is 100 Å². The summed E-state index contributed by atoms with van der Waals surface area (Å²) in [7, 11) is 1.88. The number of aryl methyl sites for hydroxylation is 3. The highest BCUT2D eigenvalue weighted by Gasteiger charge is 2.31. The number of rotatable bonds is 7. The van der Waals surface area contributed by atoms with Crippen molar-refractivity contribution in [3.05, 3.63) is 98.1 Å². The maximum Gasteiger partial charge on any atom is 0.253 e. The standard InChI is InChI=1S/C33H37N5O3/c1-7-8-31-26-10-9-23(14-25(26)18-38(31)22(5)39)24-15-27(30-11-12-35-37(30)6)21(4)28(16-24)32(40)34-17-29-19(2)13-20(3)36-33(29)41/h9-16,31H,7-8,17-18H2,1-6H3,(H,34,40)(H,36,41). The molecule has 0 saturated heterocycles. The molecule has 2 aromatic carbocycles. The van der Waals surface area contributed by atoms with Gasteiger partial charge in [-0.15, -0.1) is 0 Å². The molecule has 0 saturated carbocycles. The molecule has 4 aromatic rings. The number of carbonyl (C=O) groups is 2. The van der Waals surface area contributed by atoms with Crippen molar-refractivity contribution in [2.45, 2.75) is 66.6 Å². The number of aromatic amines is 1. The maximum absolute atomic E-state index is 13.6. The van der Waals surface area contributed by atoms with E-state index in [9.17, 15) is 14.4 Å². The van der Waals surface area contributed by atoms with Gasteiger partial charge >= 0.3 is 0 Å². The van der Waals surface area contributed by atoms with Gasteiger partial charge < -0.3 is 15.2 Å². The number of nitrogens with zero attached hydrogens (tertiary/aromatic N) is 3. The van der Waals surface area contributed by atoms with Crippen molar-refractivity contribution in [3.8, 4) is 22.4 Å². The average Bonchev–Trinajstić information content (AvgIpc) is 3.51. The van der Waals surface area contributed by atoms with E-state index in [0.29, 0.717) is 17.7 Å². The Bertz CT molecular complexity index is 1710. The summed E-state index contributed by atoms with van der Waals surface area (Å²) in [5, 5.41) is 7.33. The van der Waals surface area contributed by atoms with Crippen molar-refractivity contribution < 1.29 is 9.59 Å². The molecule has 0 aliphatic carbocycles. The van der Waals surface area contributed by atoms with Crippen LogP contribution in [0.2, 0.25) is 0 Å². The first-order valence-electron chi connectivity index (χ1n) is 14.1. The molecule has 1 aliphatic rings. The minimum Gasteiger partial charge on any atom is -0.348 e. The summed E-state index contributed by atoms with van der Waals surface area (Å²) in [5.74, 6) is -0.171. The van der Waals surface area contributed by atoms with Crippen molar-refractivity contribution in [1.29, 1.82) is 0 Å². The highest BCUT2D eigenvalue weighted by Crippen LogP contribution is 2.40. The molecule has 212 valence electrons. The number of H-pyrrole nitrogens is 1. The Morgan fingerprint density at radius 3 is 2.51 bits per heavy atom. The second-order valence-corrected chi connectivity index (χ2v) is 11.0. The summed E-state index contributed by atoms with van der Waals surface area (Å²) in [6, 6.07) is 14.3. The van der Waals surface area contributed by atoms with E-state index < -0.39 is 0 Å². The minimum atomic E-state index is -0.251. The molecule has 1 aliphatic heterocycles. The monoisotopic (exact) mass is 551 g/mol. The second kappa shape index (κ2) is 11.2. The van der Waals surface area contributed by atoms with Crippen LogP contribution in [0.15, 0.2) is 53.5 Å². The number of amides is 2. The van der Waals surface area contributed by atoms with E-state index in [0.717, 1.165) is 57.6 Å². The van der Waals surface area contributed by atoms with E-state index in [2.05, 4.69) is 46.6 Å². The smallest absolute Gasteiger partial charge is 0.253 e. The predicted molar refractivity (Wildman–Crippen MR) is 160 cm³/mol. The van der Waals surface area contributed by atoms with Crippen LogP contribution in [0, 0.1) is 20.8 Å². The molecule has 5 rings (SSSR count). The maximum atomic E-state index is 13.6. The van der Waals surface area contributed by atoms with Gasteiger partial charge in [0.2, 0.25) is 5.91 Å². The largest absolute Gasteiger partial charge is 0.348 e. The number of hydrogen-bond donors (Lipinski definition) is 2. The first-order chi connectivity index (χ1) is 19.6. The number of hydrogen-bond acceptors (Lipinski definition) is 4. The fourth-order valence-electron chi connectivity index (χ4n) is 6.01. The van der Waals surface area contributed by atoms with Crippen LogP contribution in [-0.2, 0) is 24.9 Å². The minimum absolute atomic E-state index is 0.0802. The van der Waals surface area contributed by atoms with E-state index in [-0.39, 0.29) is 30.0 Å². The third kappa shape index (κ3) is 5.34. The summed E-state index contributed by atoms with van der Waals surface area (Å²) in [6.07, 6.45) is 3.66. The van der Waals surface area contributed by atoms with Crippen LogP contribution in [0.3, 0.4) is 0 Å². The van der Waals surface area contributed by atoms with Crippen molar-refractivity contribution in [2.75, 3.05) is 0 Å². The molecule has 2 amide bonds. The molecule has 41 heavy (non-hydrogen) atoms. The van der Waals surface area contributed by atoms with Crippen LogP contribution < -0.4 is 10.9 Å². The Morgan fingerprint density at radius 2 is 1.85 bits per heavy atom. The zero-order chi connectivity index (χ0) is 29.4. The summed E-state index contributed by atoms with van der Waals surface area (Å²) in [6.45, 7) is 10.1. The van der Waals surface area contributed by atoms with Crippen molar-refractivity contribution in [3.63, 3.8) is 0 Å². The highest BCUT2D eigenvalue weighted by atomic mass is 16.2. The molecular formula is C33H37N5O3. The zero-order valence-electron chi connectivity index (χ0n) is 24.6. The van der Waals surface area contributed by atoms with E-state index in [4.69, 9.17) is 0 Å². The third-order valence-corrected chi connectivity index (χ3v) is 8.19. The van der Waals surface area contributed by atoms with Crippen LogP contribution in [0.1, 0.15) is 76.6 Å². The van der Waals surface area contributed by atoms with Gasteiger partial charge in [0.15, 0.2) is 0 Å². The molecule has 0 fully saturated rings. The first-order valence-corrected chi connectivity index (χ1v) is 14.1. The number of nitrogens with one attached hydrogen (secondary N) is 2. The zero-order valence-corrected chi connectivity index (χ0v) is 24.6. The van der Waals surface area contributed by atoms with Crippen LogP contribution in [-0.4, -0.2) is 31.5 Å². The number of carbonyl (C=O) groups excluding carboxylic acids is 2. The van der Waals surface area contributed by atoms with Crippen LogP contribution in [0.4, 0.5) is 0 Å². The quantitative estimate of drug-likeness (QED) is 0.317. The van der Waals surface area contributed by atoms with Gasteiger partial charge in [-0.25, -0.2) is 0 Å². The summed E-state index contributed by atoms with van der Waals surface area (Å²) in [5.41, 5.74) is 9.36. The van der Waals surface area contributed by atoms with Crippen molar-refractivity contribution in [1.82, 2.24) is 25.0 Å². The van der Waals surface area contributed by atoms with Gasteiger partial charge in [-0.1, -0.05) is 25.5 Å². The normalized spacial score (nSPS) is 14.3. The SMILES string of the molecule is CCCC1c2ccc(-c3cc(C(=O)NCc4c(C)cc(C)[nH]c4=O)c(C)c(-c4ccnn4C)c3)cc2CN1C(C)=O. The fraction of sp³-hybridized carbons (Fsp3) is 0.333. The van der Waals surface area contributed by atoms with Crippen molar-refractivity contribution >= 4 is 11.8 Å². The summed E-state index contributed by atoms with van der Waals surface area (Å²) < 4.78 is 1.80. The molecule has 1 atom stereocenters. The van der Waals surface area contributed by atoms with Gasteiger partial charge in [0, 0.05) is 55.6 Å². The number of fused-ring (bicyclic) bond motifs is 1. The Kier molecular flexibility index (Phi) is 7.67.